The fraction of sp³-hybridized carbons (Fsp3) is 0. The third-order valence-electron chi connectivity index (χ3n) is 1.28. The molecular weight excluding hydrogens is 174 g/mol. The largest absolute Gasteiger partial charge is 0.300 e. The van der Waals surface area contributed by atoms with E-state index in [0.29, 0.717) is 0 Å². The molecule has 62 valence electrons. The molecule has 0 saturated carbocycles. The molecule has 1 rings (SSSR count). The topological polar surface area (TPSA) is 43.1 Å². The number of rotatable bonds is 2. The van der Waals surface area contributed by atoms with Crippen LogP contribution in [0.1, 0.15) is 5.56 Å². The Kier molecular flexibility index (Phi) is 2.88. The molecule has 0 aromatic heterocycles. The second-order valence-electron chi connectivity index (χ2n) is 2.17. The van der Waals surface area contributed by atoms with Gasteiger partial charge in [-0.3, -0.25) is 10.1 Å². The summed E-state index contributed by atoms with van der Waals surface area (Å²) in [5, 5.41) is 10.0. The minimum absolute atomic E-state index is 0.152. The van der Waals surface area contributed by atoms with Crippen molar-refractivity contribution in [3.05, 3.63) is 51.0 Å². The SMILES string of the molecule is O=[N+]([O-])C(S)=Cc1ccccc1. The molecule has 0 fully saturated rings. The summed E-state index contributed by atoms with van der Waals surface area (Å²) < 4.78 is 0. The molecule has 3 nitrogen and oxygen atoms in total. The van der Waals surface area contributed by atoms with Crippen molar-refractivity contribution in [2.75, 3.05) is 0 Å². The van der Waals surface area contributed by atoms with E-state index in [4.69, 9.17) is 0 Å². The van der Waals surface area contributed by atoms with Gasteiger partial charge in [-0.2, -0.15) is 0 Å². The molecule has 0 aliphatic rings. The van der Waals surface area contributed by atoms with Crippen LogP contribution < -0.4 is 0 Å². The molecule has 0 bridgehead atoms. The molecule has 0 aliphatic carbocycles. The Balaban J connectivity index is 2.89. The first-order chi connectivity index (χ1) is 5.70. The zero-order valence-corrected chi connectivity index (χ0v) is 7.07. The molecule has 0 spiro atoms. The maximum absolute atomic E-state index is 10.2. The minimum atomic E-state index is -0.532. The van der Waals surface area contributed by atoms with Gasteiger partial charge >= 0.3 is 5.03 Å². The molecule has 1 aromatic rings. The minimum Gasteiger partial charge on any atom is -0.258 e. The van der Waals surface area contributed by atoms with Gasteiger partial charge in [-0.1, -0.05) is 43.0 Å². The Labute approximate surface area is 75.3 Å². The van der Waals surface area contributed by atoms with E-state index in [1.165, 1.54) is 6.08 Å². The van der Waals surface area contributed by atoms with Crippen LogP contribution in [0.5, 0.6) is 0 Å². The van der Waals surface area contributed by atoms with Gasteiger partial charge in [-0.05, 0) is 5.56 Å². The highest BCUT2D eigenvalue weighted by molar-refractivity contribution is 7.84. The Bertz CT molecular complexity index is 308. The van der Waals surface area contributed by atoms with Gasteiger partial charge in [0.1, 0.15) is 0 Å². The predicted octanol–water partition coefficient (Wildman–Crippen LogP) is 2.19. The summed E-state index contributed by atoms with van der Waals surface area (Å²) in [6, 6.07) is 9.03. The van der Waals surface area contributed by atoms with Gasteiger partial charge in [0.2, 0.25) is 0 Å². The fourth-order valence-corrected chi connectivity index (χ4v) is 0.900. The monoisotopic (exact) mass is 181 g/mol. The first-order valence-electron chi connectivity index (χ1n) is 3.30. The van der Waals surface area contributed by atoms with E-state index in [9.17, 15) is 10.1 Å². The van der Waals surface area contributed by atoms with Gasteiger partial charge in [0.05, 0.1) is 4.92 Å². The Morgan fingerprint density at radius 3 is 2.50 bits per heavy atom. The average molecular weight is 181 g/mol. The van der Waals surface area contributed by atoms with Crippen LogP contribution in [0.3, 0.4) is 0 Å². The second-order valence-corrected chi connectivity index (χ2v) is 2.63. The van der Waals surface area contributed by atoms with Crippen molar-refractivity contribution in [3.8, 4) is 0 Å². The van der Waals surface area contributed by atoms with Crippen LogP contribution in [0.25, 0.3) is 6.08 Å². The standard InChI is InChI=1S/C8H7NO2S/c10-9(11)8(12)6-7-4-2-1-3-5-7/h1-6,12H. The molecule has 0 radical (unpaired) electrons. The molecule has 0 N–H and O–H groups in total. The maximum atomic E-state index is 10.2. The molecule has 0 atom stereocenters. The van der Waals surface area contributed by atoms with E-state index in [1.807, 2.05) is 18.2 Å². The van der Waals surface area contributed by atoms with Gasteiger partial charge in [-0.15, -0.1) is 0 Å². The van der Waals surface area contributed by atoms with Crippen LogP contribution in [-0.2, 0) is 0 Å². The molecular formula is C8H7NO2S. The zero-order valence-electron chi connectivity index (χ0n) is 6.18. The highest BCUT2D eigenvalue weighted by atomic mass is 32.1. The summed E-state index contributed by atoms with van der Waals surface area (Å²) >= 11 is 3.70. The number of nitrogens with zero attached hydrogens (tertiary/aromatic N) is 1. The van der Waals surface area contributed by atoms with E-state index in [-0.39, 0.29) is 5.03 Å². The molecule has 0 heterocycles. The van der Waals surface area contributed by atoms with Crippen molar-refractivity contribution >= 4 is 18.7 Å². The van der Waals surface area contributed by atoms with Gasteiger partial charge in [-0.25, -0.2) is 0 Å². The van der Waals surface area contributed by atoms with Gasteiger partial charge in [0.25, 0.3) is 0 Å². The first kappa shape index (κ1) is 8.80. The quantitative estimate of drug-likeness (QED) is 0.431. The number of benzene rings is 1. The normalized spacial score (nSPS) is 11.2. The molecule has 12 heavy (non-hydrogen) atoms. The van der Waals surface area contributed by atoms with Gasteiger partial charge in [0, 0.05) is 6.08 Å². The molecule has 0 saturated heterocycles. The van der Waals surface area contributed by atoms with Crippen LogP contribution in [0.2, 0.25) is 0 Å². The average Bonchev–Trinajstić information content (AvgIpc) is 2.06. The lowest BCUT2D eigenvalue weighted by Crippen LogP contribution is -1.90. The molecule has 1 aromatic carbocycles. The summed E-state index contributed by atoms with van der Waals surface area (Å²) in [6.07, 6.45) is 1.41. The number of hydrogen-bond acceptors (Lipinski definition) is 3. The highest BCUT2D eigenvalue weighted by Gasteiger charge is 2.01. The van der Waals surface area contributed by atoms with E-state index >= 15 is 0 Å². The number of nitro groups is 1. The molecule has 0 aliphatic heterocycles. The fourth-order valence-electron chi connectivity index (χ4n) is 0.751. The van der Waals surface area contributed by atoms with E-state index in [0.717, 1.165) is 5.56 Å². The number of hydrogen-bond donors (Lipinski definition) is 1. The maximum Gasteiger partial charge on any atom is 0.300 e. The Morgan fingerprint density at radius 1 is 1.42 bits per heavy atom. The Morgan fingerprint density at radius 2 is 2.00 bits per heavy atom. The van der Waals surface area contributed by atoms with Crippen LogP contribution in [-0.4, -0.2) is 4.92 Å². The molecule has 0 unspecified atom stereocenters. The summed E-state index contributed by atoms with van der Waals surface area (Å²) in [6.45, 7) is 0. The Hall–Kier alpha value is -1.29. The highest BCUT2D eigenvalue weighted by Crippen LogP contribution is 2.09. The van der Waals surface area contributed by atoms with Crippen LogP contribution in [0.4, 0.5) is 0 Å². The summed E-state index contributed by atoms with van der Waals surface area (Å²) in [5.74, 6) is 0. The predicted molar refractivity (Wildman–Crippen MR) is 50.4 cm³/mol. The van der Waals surface area contributed by atoms with Crippen molar-refractivity contribution in [2.45, 2.75) is 0 Å². The van der Waals surface area contributed by atoms with Crippen LogP contribution in [0.15, 0.2) is 35.4 Å². The van der Waals surface area contributed by atoms with Crippen molar-refractivity contribution in [1.82, 2.24) is 0 Å². The second kappa shape index (κ2) is 3.92. The smallest absolute Gasteiger partial charge is 0.258 e. The van der Waals surface area contributed by atoms with Crippen molar-refractivity contribution < 1.29 is 4.92 Å². The van der Waals surface area contributed by atoms with Gasteiger partial charge < -0.3 is 0 Å². The van der Waals surface area contributed by atoms with Crippen LogP contribution >= 0.6 is 12.6 Å². The summed E-state index contributed by atoms with van der Waals surface area (Å²) in [4.78, 5) is 9.63. The van der Waals surface area contributed by atoms with Gasteiger partial charge in [0.15, 0.2) is 0 Å². The summed E-state index contributed by atoms with van der Waals surface area (Å²) in [5.41, 5.74) is 0.777. The number of thiol groups is 1. The first-order valence-corrected chi connectivity index (χ1v) is 3.75. The van der Waals surface area contributed by atoms with Crippen LogP contribution in [0, 0.1) is 10.1 Å². The zero-order chi connectivity index (χ0) is 8.97. The third kappa shape index (κ3) is 2.39. The van der Waals surface area contributed by atoms with Crippen molar-refractivity contribution in [2.24, 2.45) is 0 Å². The lowest BCUT2D eigenvalue weighted by atomic mass is 10.2. The molecule has 4 heteroatoms. The van der Waals surface area contributed by atoms with Crippen molar-refractivity contribution in [1.29, 1.82) is 0 Å². The van der Waals surface area contributed by atoms with E-state index in [1.54, 1.807) is 12.1 Å². The summed E-state index contributed by atoms with van der Waals surface area (Å²) in [7, 11) is 0. The lowest BCUT2D eigenvalue weighted by molar-refractivity contribution is -0.408. The third-order valence-corrected chi connectivity index (χ3v) is 1.57. The lowest BCUT2D eigenvalue weighted by Gasteiger charge is -1.90. The van der Waals surface area contributed by atoms with E-state index < -0.39 is 4.92 Å². The molecule has 0 amide bonds. The van der Waals surface area contributed by atoms with Crippen molar-refractivity contribution in [3.63, 3.8) is 0 Å². The van der Waals surface area contributed by atoms with E-state index in [2.05, 4.69) is 12.6 Å².